The zero-order chi connectivity index (χ0) is 14.6. The molecule has 1 nitrogen and oxygen atoms in total. The Morgan fingerprint density at radius 2 is 1.60 bits per heavy atom. The van der Waals surface area contributed by atoms with Crippen LogP contribution in [0.3, 0.4) is 0 Å². The first-order valence-corrected chi connectivity index (χ1v) is 7.41. The van der Waals surface area contributed by atoms with Gasteiger partial charge in [-0.15, -0.1) is 0 Å². The Morgan fingerprint density at radius 1 is 1.00 bits per heavy atom. The molecule has 0 aromatic heterocycles. The quantitative estimate of drug-likeness (QED) is 0.807. The van der Waals surface area contributed by atoms with Crippen molar-refractivity contribution in [3.05, 3.63) is 35.4 Å². The van der Waals surface area contributed by atoms with E-state index < -0.39 is 11.7 Å². The molecular weight excluding hydrogens is 263 g/mol. The number of hydrogen-bond donors (Lipinski definition) is 1. The molecule has 4 heteroatoms. The van der Waals surface area contributed by atoms with Crippen LogP contribution in [0, 0.1) is 5.92 Å². The molecule has 1 aliphatic rings. The van der Waals surface area contributed by atoms with Crippen LogP contribution in [-0.2, 0) is 6.18 Å². The monoisotopic (exact) mass is 285 g/mol. The molecule has 1 fully saturated rings. The van der Waals surface area contributed by atoms with Crippen LogP contribution in [0.2, 0.25) is 0 Å². The van der Waals surface area contributed by atoms with Crippen LogP contribution in [0.1, 0.15) is 62.1 Å². The molecule has 2 rings (SSSR count). The van der Waals surface area contributed by atoms with Crippen LogP contribution in [0.15, 0.2) is 24.3 Å². The molecule has 0 heterocycles. The molecule has 2 N–H and O–H groups in total. The van der Waals surface area contributed by atoms with E-state index >= 15 is 0 Å². The van der Waals surface area contributed by atoms with Crippen LogP contribution in [0.4, 0.5) is 13.2 Å². The van der Waals surface area contributed by atoms with E-state index in [0.717, 1.165) is 31.7 Å². The third-order valence-electron chi connectivity index (χ3n) is 4.26. The number of hydrogen-bond acceptors (Lipinski definition) is 1. The minimum Gasteiger partial charge on any atom is -0.324 e. The van der Waals surface area contributed by atoms with Crippen molar-refractivity contribution < 1.29 is 13.2 Å². The van der Waals surface area contributed by atoms with Gasteiger partial charge in [0.15, 0.2) is 0 Å². The van der Waals surface area contributed by atoms with E-state index in [0.29, 0.717) is 11.5 Å². The molecule has 1 aromatic carbocycles. The number of nitrogens with two attached hydrogens (primary N) is 1. The van der Waals surface area contributed by atoms with Gasteiger partial charge in [-0.1, -0.05) is 44.2 Å². The van der Waals surface area contributed by atoms with Gasteiger partial charge in [0.25, 0.3) is 0 Å². The highest BCUT2D eigenvalue weighted by Gasteiger charge is 2.31. The maximum atomic E-state index is 12.8. The number of rotatable bonds is 2. The van der Waals surface area contributed by atoms with Gasteiger partial charge in [0.05, 0.1) is 5.56 Å². The first-order valence-electron chi connectivity index (χ1n) is 7.41. The van der Waals surface area contributed by atoms with Crippen molar-refractivity contribution in [2.75, 3.05) is 0 Å². The number of alkyl halides is 3. The highest BCUT2D eigenvalue weighted by Crippen LogP contribution is 2.34. The van der Waals surface area contributed by atoms with Gasteiger partial charge in [0.1, 0.15) is 0 Å². The van der Waals surface area contributed by atoms with Crippen LogP contribution >= 0.6 is 0 Å². The molecule has 0 radical (unpaired) electrons. The fourth-order valence-electron chi connectivity index (χ4n) is 3.04. The third-order valence-corrected chi connectivity index (χ3v) is 4.26. The first kappa shape index (κ1) is 15.4. The van der Waals surface area contributed by atoms with Crippen molar-refractivity contribution in [3.63, 3.8) is 0 Å². The molecule has 1 aromatic rings. The van der Waals surface area contributed by atoms with Gasteiger partial charge in [-0.2, -0.15) is 13.2 Å². The number of halogens is 3. The van der Waals surface area contributed by atoms with Crippen molar-refractivity contribution in [2.24, 2.45) is 11.7 Å². The average molecular weight is 285 g/mol. The van der Waals surface area contributed by atoms with Gasteiger partial charge >= 0.3 is 6.18 Å². The molecule has 0 aliphatic heterocycles. The van der Waals surface area contributed by atoms with E-state index in [1.165, 1.54) is 31.4 Å². The summed E-state index contributed by atoms with van der Waals surface area (Å²) in [5.41, 5.74) is 6.25. The summed E-state index contributed by atoms with van der Waals surface area (Å²) in [6.45, 7) is 0. The fourth-order valence-corrected chi connectivity index (χ4v) is 3.04. The molecule has 112 valence electrons. The summed E-state index contributed by atoms with van der Waals surface area (Å²) < 4.78 is 38.3. The Bertz CT molecular complexity index is 420. The zero-order valence-corrected chi connectivity index (χ0v) is 11.6. The normalized spacial score (nSPS) is 20.2. The lowest BCUT2D eigenvalue weighted by Crippen LogP contribution is -2.23. The van der Waals surface area contributed by atoms with Gasteiger partial charge in [0.2, 0.25) is 0 Å². The SMILES string of the molecule is NC(c1cccc(C(F)(F)F)c1)C1CCCCCCC1. The molecule has 1 atom stereocenters. The van der Waals surface area contributed by atoms with E-state index in [1.54, 1.807) is 6.07 Å². The summed E-state index contributed by atoms with van der Waals surface area (Å²) in [5.74, 6) is 0.304. The third kappa shape index (κ3) is 3.98. The summed E-state index contributed by atoms with van der Waals surface area (Å²) in [6.07, 6.45) is 3.73. The second-order valence-electron chi connectivity index (χ2n) is 5.75. The molecule has 0 spiro atoms. The van der Waals surface area contributed by atoms with Crippen LogP contribution < -0.4 is 5.73 Å². The van der Waals surface area contributed by atoms with Gasteiger partial charge < -0.3 is 5.73 Å². The first-order chi connectivity index (χ1) is 9.48. The second-order valence-corrected chi connectivity index (χ2v) is 5.75. The van der Waals surface area contributed by atoms with Crippen molar-refractivity contribution in [1.82, 2.24) is 0 Å². The van der Waals surface area contributed by atoms with E-state index in [-0.39, 0.29) is 6.04 Å². The van der Waals surface area contributed by atoms with Crippen molar-refractivity contribution in [1.29, 1.82) is 0 Å². The second kappa shape index (κ2) is 6.61. The summed E-state index contributed by atoms with van der Waals surface area (Å²) in [6, 6.07) is 5.22. The Kier molecular flexibility index (Phi) is 5.08. The lowest BCUT2D eigenvalue weighted by Gasteiger charge is -2.26. The topological polar surface area (TPSA) is 26.0 Å². The largest absolute Gasteiger partial charge is 0.416 e. The van der Waals surface area contributed by atoms with E-state index in [4.69, 9.17) is 5.73 Å². The molecule has 1 aliphatic carbocycles. The maximum Gasteiger partial charge on any atom is 0.416 e. The van der Waals surface area contributed by atoms with Gasteiger partial charge in [-0.3, -0.25) is 0 Å². The summed E-state index contributed by atoms with van der Waals surface area (Å²) in [5, 5.41) is 0. The molecular formula is C16H22F3N. The standard InChI is InChI=1S/C16H22F3N/c17-16(18,19)14-10-6-9-13(11-14)15(20)12-7-4-2-1-3-5-8-12/h6,9-12,15H,1-5,7-8,20H2. The molecule has 0 amide bonds. The molecule has 1 unspecified atom stereocenters. The molecule has 1 saturated carbocycles. The maximum absolute atomic E-state index is 12.8. The summed E-state index contributed by atoms with van der Waals surface area (Å²) in [4.78, 5) is 0. The number of benzene rings is 1. The molecule has 0 bridgehead atoms. The van der Waals surface area contributed by atoms with Gasteiger partial charge in [-0.25, -0.2) is 0 Å². The Labute approximate surface area is 118 Å². The van der Waals surface area contributed by atoms with Crippen molar-refractivity contribution >= 4 is 0 Å². The van der Waals surface area contributed by atoms with E-state index in [1.807, 2.05) is 0 Å². The van der Waals surface area contributed by atoms with Crippen molar-refractivity contribution in [2.45, 2.75) is 57.2 Å². The van der Waals surface area contributed by atoms with E-state index in [2.05, 4.69) is 0 Å². The van der Waals surface area contributed by atoms with Crippen LogP contribution in [0.25, 0.3) is 0 Å². The Morgan fingerprint density at radius 3 is 2.20 bits per heavy atom. The lowest BCUT2D eigenvalue weighted by atomic mass is 9.83. The Hall–Kier alpha value is -1.03. The van der Waals surface area contributed by atoms with Crippen LogP contribution in [0.5, 0.6) is 0 Å². The predicted octanol–water partition coefficient (Wildman–Crippen LogP) is 5.07. The van der Waals surface area contributed by atoms with E-state index in [9.17, 15) is 13.2 Å². The summed E-state index contributed by atoms with van der Waals surface area (Å²) >= 11 is 0. The zero-order valence-electron chi connectivity index (χ0n) is 11.6. The minimum atomic E-state index is -4.29. The fraction of sp³-hybridized carbons (Fsp3) is 0.625. The minimum absolute atomic E-state index is 0.282. The molecule has 0 saturated heterocycles. The average Bonchev–Trinajstić information content (AvgIpc) is 2.37. The Balaban J connectivity index is 2.12. The highest BCUT2D eigenvalue weighted by atomic mass is 19.4. The molecule has 20 heavy (non-hydrogen) atoms. The van der Waals surface area contributed by atoms with Gasteiger partial charge in [-0.05, 0) is 36.5 Å². The van der Waals surface area contributed by atoms with Gasteiger partial charge in [0, 0.05) is 6.04 Å². The predicted molar refractivity (Wildman–Crippen MR) is 74.2 cm³/mol. The van der Waals surface area contributed by atoms with Crippen molar-refractivity contribution in [3.8, 4) is 0 Å². The highest BCUT2D eigenvalue weighted by molar-refractivity contribution is 5.28. The summed E-state index contributed by atoms with van der Waals surface area (Å²) in [7, 11) is 0. The lowest BCUT2D eigenvalue weighted by molar-refractivity contribution is -0.137. The smallest absolute Gasteiger partial charge is 0.324 e. The van der Waals surface area contributed by atoms with Crippen LogP contribution in [-0.4, -0.2) is 0 Å².